The van der Waals surface area contributed by atoms with Gasteiger partial charge in [-0.2, -0.15) is 0 Å². The first-order valence-electron chi connectivity index (χ1n) is 8.72. The van der Waals surface area contributed by atoms with Crippen LogP contribution in [0.1, 0.15) is 64.7 Å². The van der Waals surface area contributed by atoms with Crippen LogP contribution in [-0.2, 0) is 4.74 Å². The van der Waals surface area contributed by atoms with Crippen LogP contribution in [0.25, 0.3) is 0 Å². The van der Waals surface area contributed by atoms with Crippen molar-refractivity contribution in [2.45, 2.75) is 82.0 Å². The van der Waals surface area contributed by atoms with Crippen LogP contribution in [-0.4, -0.2) is 48.8 Å². The van der Waals surface area contributed by atoms with Gasteiger partial charge in [0.2, 0.25) is 0 Å². The van der Waals surface area contributed by atoms with Gasteiger partial charge in [-0.25, -0.2) is 0 Å². The molecule has 2 saturated heterocycles. The van der Waals surface area contributed by atoms with Crippen LogP contribution in [0.4, 0.5) is 0 Å². The van der Waals surface area contributed by atoms with Gasteiger partial charge in [0.25, 0.3) is 0 Å². The molecule has 20 heavy (non-hydrogen) atoms. The number of hydrogen-bond donors (Lipinski definition) is 1. The third-order valence-corrected chi connectivity index (χ3v) is 6.13. The molecule has 116 valence electrons. The standard InChI is InChI=1S/C17H32N2O/c1-16(18-2)10-12-19(13-11-16)14-15-6-9-17(20-15)7-4-3-5-8-17/h15,18H,3-14H2,1-2H3. The second-order valence-corrected chi connectivity index (χ2v) is 7.63. The summed E-state index contributed by atoms with van der Waals surface area (Å²) >= 11 is 0. The van der Waals surface area contributed by atoms with Crippen LogP contribution < -0.4 is 5.32 Å². The van der Waals surface area contributed by atoms with Gasteiger partial charge in [0, 0.05) is 12.1 Å². The summed E-state index contributed by atoms with van der Waals surface area (Å²) in [5, 5.41) is 3.48. The van der Waals surface area contributed by atoms with Crippen LogP contribution in [0.3, 0.4) is 0 Å². The second-order valence-electron chi connectivity index (χ2n) is 7.63. The van der Waals surface area contributed by atoms with E-state index in [4.69, 9.17) is 4.74 Å². The van der Waals surface area contributed by atoms with E-state index in [0.29, 0.717) is 11.6 Å². The van der Waals surface area contributed by atoms with Gasteiger partial charge in [-0.1, -0.05) is 19.3 Å². The monoisotopic (exact) mass is 280 g/mol. The number of nitrogens with one attached hydrogen (secondary N) is 1. The highest BCUT2D eigenvalue weighted by Gasteiger charge is 2.41. The maximum absolute atomic E-state index is 6.51. The predicted octanol–water partition coefficient (Wildman–Crippen LogP) is 2.94. The third-order valence-electron chi connectivity index (χ3n) is 6.13. The molecule has 2 heterocycles. The number of rotatable bonds is 3. The highest BCUT2D eigenvalue weighted by molar-refractivity contribution is 4.93. The highest BCUT2D eigenvalue weighted by Crippen LogP contribution is 2.42. The summed E-state index contributed by atoms with van der Waals surface area (Å²) in [6.45, 7) is 5.98. The lowest BCUT2D eigenvalue weighted by atomic mass is 9.83. The summed E-state index contributed by atoms with van der Waals surface area (Å²) in [5.74, 6) is 0. The molecule has 1 saturated carbocycles. The maximum Gasteiger partial charge on any atom is 0.0710 e. The van der Waals surface area contributed by atoms with Crippen LogP contribution in [0, 0.1) is 0 Å². The van der Waals surface area contributed by atoms with Gasteiger partial charge >= 0.3 is 0 Å². The van der Waals surface area contributed by atoms with Crippen molar-refractivity contribution in [2.24, 2.45) is 0 Å². The minimum atomic E-state index is 0.290. The van der Waals surface area contributed by atoms with E-state index >= 15 is 0 Å². The molecule has 3 nitrogen and oxygen atoms in total. The van der Waals surface area contributed by atoms with Gasteiger partial charge in [0.1, 0.15) is 0 Å². The summed E-state index contributed by atoms with van der Waals surface area (Å²) in [6, 6.07) is 0. The van der Waals surface area contributed by atoms with Crippen LogP contribution in [0.15, 0.2) is 0 Å². The van der Waals surface area contributed by atoms with E-state index < -0.39 is 0 Å². The average molecular weight is 280 g/mol. The lowest BCUT2D eigenvalue weighted by Gasteiger charge is -2.40. The molecule has 2 aliphatic heterocycles. The topological polar surface area (TPSA) is 24.5 Å². The summed E-state index contributed by atoms with van der Waals surface area (Å²) < 4.78 is 6.51. The molecule has 0 radical (unpaired) electrons. The van der Waals surface area contributed by atoms with E-state index in [1.165, 1.54) is 77.4 Å². The zero-order valence-corrected chi connectivity index (χ0v) is 13.4. The van der Waals surface area contributed by atoms with Crippen molar-refractivity contribution in [1.82, 2.24) is 10.2 Å². The molecule has 3 rings (SSSR count). The summed E-state index contributed by atoms with van der Waals surface area (Å²) in [4.78, 5) is 2.63. The molecule has 0 amide bonds. The number of hydrogen-bond acceptors (Lipinski definition) is 3. The van der Waals surface area contributed by atoms with Crippen LogP contribution in [0.2, 0.25) is 0 Å². The molecule has 1 unspecified atom stereocenters. The van der Waals surface area contributed by atoms with Crippen molar-refractivity contribution in [1.29, 1.82) is 0 Å². The molecule has 0 aromatic rings. The zero-order chi connectivity index (χ0) is 14.1. The fourth-order valence-electron chi connectivity index (χ4n) is 4.36. The lowest BCUT2D eigenvalue weighted by Crippen LogP contribution is -2.51. The number of nitrogens with zero attached hydrogens (tertiary/aromatic N) is 1. The van der Waals surface area contributed by atoms with Gasteiger partial charge in [-0.15, -0.1) is 0 Å². The molecule has 3 heteroatoms. The quantitative estimate of drug-likeness (QED) is 0.860. The molecule has 3 aliphatic rings. The van der Waals surface area contributed by atoms with Gasteiger partial charge in [-0.3, -0.25) is 0 Å². The Morgan fingerprint density at radius 2 is 1.75 bits per heavy atom. The molecular formula is C17H32N2O. The van der Waals surface area contributed by atoms with Gasteiger partial charge in [-0.05, 0) is 65.6 Å². The van der Waals surface area contributed by atoms with Crippen LogP contribution in [0.5, 0.6) is 0 Å². The Morgan fingerprint density at radius 3 is 2.40 bits per heavy atom. The molecule has 3 fully saturated rings. The Balaban J connectivity index is 1.46. The van der Waals surface area contributed by atoms with Crippen molar-refractivity contribution in [2.75, 3.05) is 26.7 Å². The van der Waals surface area contributed by atoms with Gasteiger partial charge in [0.05, 0.1) is 11.7 Å². The SMILES string of the molecule is CNC1(C)CCN(CC2CCC3(CCCCC3)O2)CC1. The second kappa shape index (κ2) is 5.94. The molecule has 1 spiro atoms. The smallest absolute Gasteiger partial charge is 0.0710 e. The summed E-state index contributed by atoms with van der Waals surface area (Å²) in [7, 11) is 2.10. The Hall–Kier alpha value is -0.120. The number of piperidine rings is 1. The molecule has 1 atom stereocenters. The average Bonchev–Trinajstić information content (AvgIpc) is 2.85. The molecule has 0 aromatic heterocycles. The number of likely N-dealkylation sites (tertiary alicyclic amines) is 1. The number of ether oxygens (including phenoxy) is 1. The molecule has 0 aromatic carbocycles. The van der Waals surface area contributed by atoms with Crippen LogP contribution >= 0.6 is 0 Å². The van der Waals surface area contributed by atoms with Gasteiger partial charge < -0.3 is 15.0 Å². The van der Waals surface area contributed by atoms with E-state index in [1.807, 2.05) is 0 Å². The van der Waals surface area contributed by atoms with Crippen molar-refractivity contribution < 1.29 is 4.74 Å². The summed E-state index contributed by atoms with van der Waals surface area (Å²) in [5.41, 5.74) is 0.649. The van der Waals surface area contributed by atoms with E-state index in [-0.39, 0.29) is 5.60 Å². The lowest BCUT2D eigenvalue weighted by molar-refractivity contribution is -0.0741. The largest absolute Gasteiger partial charge is 0.370 e. The van der Waals surface area contributed by atoms with E-state index in [9.17, 15) is 0 Å². The fourth-order valence-corrected chi connectivity index (χ4v) is 4.36. The normalized spacial score (nSPS) is 33.6. The minimum Gasteiger partial charge on any atom is -0.370 e. The predicted molar refractivity (Wildman–Crippen MR) is 83.1 cm³/mol. The fraction of sp³-hybridized carbons (Fsp3) is 1.00. The Kier molecular flexibility index (Phi) is 4.40. The van der Waals surface area contributed by atoms with Crippen molar-refractivity contribution in [3.8, 4) is 0 Å². The highest BCUT2D eigenvalue weighted by atomic mass is 16.5. The zero-order valence-electron chi connectivity index (χ0n) is 13.4. The minimum absolute atomic E-state index is 0.290. The first kappa shape index (κ1) is 14.8. The first-order valence-corrected chi connectivity index (χ1v) is 8.72. The Bertz CT molecular complexity index is 317. The molecule has 1 N–H and O–H groups in total. The van der Waals surface area contributed by atoms with Crippen molar-refractivity contribution in [3.05, 3.63) is 0 Å². The maximum atomic E-state index is 6.51. The Labute approximate surface area is 124 Å². The Morgan fingerprint density at radius 1 is 1.05 bits per heavy atom. The first-order chi connectivity index (χ1) is 9.63. The van der Waals surface area contributed by atoms with E-state index in [1.54, 1.807) is 0 Å². The molecule has 0 bridgehead atoms. The molecular weight excluding hydrogens is 248 g/mol. The molecule has 1 aliphatic carbocycles. The van der Waals surface area contributed by atoms with E-state index in [2.05, 4.69) is 24.2 Å². The third kappa shape index (κ3) is 3.20. The van der Waals surface area contributed by atoms with Crippen molar-refractivity contribution in [3.63, 3.8) is 0 Å². The van der Waals surface area contributed by atoms with E-state index in [0.717, 1.165) is 0 Å². The van der Waals surface area contributed by atoms with Gasteiger partial charge in [0.15, 0.2) is 0 Å². The summed E-state index contributed by atoms with van der Waals surface area (Å²) in [6.07, 6.45) is 12.5. The van der Waals surface area contributed by atoms with Crippen molar-refractivity contribution >= 4 is 0 Å².